The molecule has 1 aromatic heterocycles. The lowest BCUT2D eigenvalue weighted by Crippen LogP contribution is -2.40. The number of anilines is 2. The number of esters is 3. The van der Waals surface area contributed by atoms with Crippen LogP contribution >= 0.6 is 0 Å². The second-order valence-electron chi connectivity index (χ2n) is 7.61. The second kappa shape index (κ2) is 10.6. The summed E-state index contributed by atoms with van der Waals surface area (Å²) in [5, 5.41) is 2.35. The van der Waals surface area contributed by atoms with E-state index < -0.39 is 58.0 Å². The maximum absolute atomic E-state index is 13.2. The highest BCUT2D eigenvalue weighted by molar-refractivity contribution is 6.06. The average molecular weight is 510 g/mol. The number of nitrogen functional groups attached to an aromatic ring is 1. The Bertz CT molecular complexity index is 1500. The zero-order chi connectivity index (χ0) is 27.4. The Hall–Kier alpha value is -5.20. The molecular formula is C24H22N4O9. The number of nitrogens with one attached hydrogen (secondary N) is 1. The van der Waals surface area contributed by atoms with Crippen molar-refractivity contribution in [3.63, 3.8) is 0 Å². The molecular weight excluding hydrogens is 488 g/mol. The Balaban J connectivity index is 2.16. The van der Waals surface area contributed by atoms with E-state index in [1.165, 1.54) is 7.05 Å². The molecule has 0 aliphatic rings. The van der Waals surface area contributed by atoms with Crippen LogP contribution in [0, 0.1) is 0 Å². The molecule has 0 bridgehead atoms. The summed E-state index contributed by atoms with van der Waals surface area (Å²) in [4.78, 5) is 73.6. The van der Waals surface area contributed by atoms with E-state index in [9.17, 15) is 28.8 Å². The molecule has 3 aromatic rings. The van der Waals surface area contributed by atoms with Crippen molar-refractivity contribution in [3.05, 3.63) is 68.9 Å². The Labute approximate surface area is 209 Å². The smallest absolute Gasteiger partial charge is 0.337 e. The van der Waals surface area contributed by atoms with E-state index in [1.807, 2.05) is 0 Å². The quantitative estimate of drug-likeness (QED) is 0.361. The molecule has 0 unspecified atom stereocenters. The van der Waals surface area contributed by atoms with Crippen molar-refractivity contribution in [2.24, 2.45) is 7.05 Å². The van der Waals surface area contributed by atoms with E-state index >= 15 is 0 Å². The number of hydrogen-bond donors (Lipinski definition) is 2. The van der Waals surface area contributed by atoms with Crippen LogP contribution in [0.3, 0.4) is 0 Å². The molecule has 0 atom stereocenters. The van der Waals surface area contributed by atoms with Gasteiger partial charge in [-0.05, 0) is 24.3 Å². The summed E-state index contributed by atoms with van der Waals surface area (Å²) >= 11 is 0. The lowest BCUT2D eigenvalue weighted by molar-refractivity contribution is -0.135. The number of aromatic nitrogens is 2. The molecule has 0 aliphatic heterocycles. The van der Waals surface area contributed by atoms with Crippen molar-refractivity contribution in [1.29, 1.82) is 0 Å². The fourth-order valence-corrected chi connectivity index (χ4v) is 3.27. The predicted octanol–water partition coefficient (Wildman–Crippen LogP) is 1.15. The lowest BCUT2D eigenvalue weighted by Gasteiger charge is -2.17. The molecule has 3 rings (SSSR count). The summed E-state index contributed by atoms with van der Waals surface area (Å²) in [6.45, 7) is 3.19. The third-order valence-corrected chi connectivity index (χ3v) is 4.78. The van der Waals surface area contributed by atoms with Gasteiger partial charge in [-0.2, -0.15) is 0 Å². The number of amides is 1. The van der Waals surface area contributed by atoms with Gasteiger partial charge >= 0.3 is 23.6 Å². The van der Waals surface area contributed by atoms with Crippen LogP contribution in [0.1, 0.15) is 31.1 Å². The van der Waals surface area contributed by atoms with Gasteiger partial charge in [-0.3, -0.25) is 28.5 Å². The Morgan fingerprint density at radius 3 is 1.84 bits per heavy atom. The van der Waals surface area contributed by atoms with Gasteiger partial charge in [0.15, 0.2) is 11.5 Å². The normalized spacial score (nSPS) is 10.4. The molecule has 0 radical (unpaired) electrons. The summed E-state index contributed by atoms with van der Waals surface area (Å²) in [5.74, 6) is -4.98. The maximum atomic E-state index is 13.2. The van der Waals surface area contributed by atoms with Crippen LogP contribution in [0.25, 0.3) is 5.69 Å². The number of hydrogen-bond acceptors (Lipinski definition) is 10. The first-order chi connectivity index (χ1) is 17.4. The largest absolute Gasteiger partial charge is 0.423 e. The molecule has 0 saturated carbocycles. The summed E-state index contributed by atoms with van der Waals surface area (Å²) in [5.41, 5.74) is 4.16. The molecule has 0 spiro atoms. The zero-order valence-electron chi connectivity index (χ0n) is 20.2. The molecule has 13 heteroatoms. The third kappa shape index (κ3) is 5.73. The minimum atomic E-state index is -0.946. The van der Waals surface area contributed by atoms with E-state index in [0.29, 0.717) is 5.69 Å². The first-order valence-electron chi connectivity index (χ1n) is 10.6. The van der Waals surface area contributed by atoms with Crippen molar-refractivity contribution in [2.45, 2.75) is 20.8 Å². The first-order valence-corrected chi connectivity index (χ1v) is 10.6. The lowest BCUT2D eigenvalue weighted by atomic mass is 10.1. The molecule has 0 aliphatic carbocycles. The topological polar surface area (TPSA) is 178 Å². The molecule has 37 heavy (non-hydrogen) atoms. The molecule has 1 heterocycles. The van der Waals surface area contributed by atoms with Crippen LogP contribution in [0.2, 0.25) is 0 Å². The van der Waals surface area contributed by atoms with Crippen LogP contribution in [-0.2, 0) is 21.4 Å². The number of nitrogens with two attached hydrogens (primary N) is 1. The number of para-hydroxylation sites is 1. The number of nitrogens with zero attached hydrogens (tertiary/aromatic N) is 2. The fourth-order valence-electron chi connectivity index (χ4n) is 3.27. The molecule has 3 N–H and O–H groups in total. The van der Waals surface area contributed by atoms with Crippen molar-refractivity contribution >= 4 is 35.3 Å². The summed E-state index contributed by atoms with van der Waals surface area (Å²) in [6.07, 6.45) is 0. The minimum absolute atomic E-state index is 0.262. The number of carbonyl (C=O) groups excluding carboxylic acids is 4. The van der Waals surface area contributed by atoms with Gasteiger partial charge in [-0.15, -0.1) is 0 Å². The Morgan fingerprint density at radius 1 is 0.838 bits per heavy atom. The molecule has 2 aromatic carbocycles. The first kappa shape index (κ1) is 26.4. The highest BCUT2D eigenvalue weighted by Crippen LogP contribution is 2.39. The molecule has 1 amide bonds. The second-order valence-corrected chi connectivity index (χ2v) is 7.61. The number of rotatable bonds is 6. The van der Waals surface area contributed by atoms with Gasteiger partial charge in [0.1, 0.15) is 11.5 Å². The van der Waals surface area contributed by atoms with Gasteiger partial charge in [0.05, 0.1) is 5.69 Å². The predicted molar refractivity (Wildman–Crippen MR) is 130 cm³/mol. The third-order valence-electron chi connectivity index (χ3n) is 4.78. The minimum Gasteiger partial charge on any atom is -0.423 e. The number of carbonyl (C=O) groups is 4. The summed E-state index contributed by atoms with van der Waals surface area (Å²) in [6, 6.07) is 10.3. The van der Waals surface area contributed by atoms with Crippen molar-refractivity contribution in [2.75, 3.05) is 11.1 Å². The number of benzene rings is 2. The standard InChI is InChI=1S/C24H22N4O9/c1-12(29)35-17-10-15(11-18(36-13(2)30)20(17)37-14(3)31)22(32)26-19-21(25)28(16-8-6-5-7-9-16)24(34)27(4)23(19)33/h5-11H,25H2,1-4H3,(H,26,32). The zero-order valence-corrected chi connectivity index (χ0v) is 20.2. The fraction of sp³-hybridized carbons (Fsp3) is 0.167. The van der Waals surface area contributed by atoms with E-state index in [2.05, 4.69) is 5.32 Å². The molecule has 0 fully saturated rings. The summed E-state index contributed by atoms with van der Waals surface area (Å²) in [7, 11) is 1.21. The van der Waals surface area contributed by atoms with Crippen LogP contribution < -0.4 is 36.5 Å². The SMILES string of the molecule is CC(=O)Oc1cc(C(=O)Nc2c(N)n(-c3ccccc3)c(=O)n(C)c2=O)cc(OC(C)=O)c1OC(C)=O. The molecule has 0 saturated heterocycles. The maximum Gasteiger partial charge on any atom is 0.337 e. The van der Waals surface area contributed by atoms with E-state index in [1.54, 1.807) is 30.3 Å². The van der Waals surface area contributed by atoms with Crippen molar-refractivity contribution < 1.29 is 33.4 Å². The monoisotopic (exact) mass is 510 g/mol. The van der Waals surface area contributed by atoms with Crippen LogP contribution in [0.5, 0.6) is 17.2 Å². The summed E-state index contributed by atoms with van der Waals surface area (Å²) < 4.78 is 16.9. The van der Waals surface area contributed by atoms with E-state index in [4.69, 9.17) is 19.9 Å². The van der Waals surface area contributed by atoms with Gasteiger partial charge in [-0.25, -0.2) is 9.36 Å². The van der Waals surface area contributed by atoms with E-state index in [0.717, 1.165) is 42.0 Å². The highest BCUT2D eigenvalue weighted by atomic mass is 16.6. The van der Waals surface area contributed by atoms with Gasteiger partial charge in [-0.1, -0.05) is 18.2 Å². The Kier molecular flexibility index (Phi) is 7.56. The van der Waals surface area contributed by atoms with Crippen LogP contribution in [0.15, 0.2) is 52.1 Å². The Morgan fingerprint density at radius 2 is 1.35 bits per heavy atom. The van der Waals surface area contributed by atoms with Crippen molar-refractivity contribution in [1.82, 2.24) is 9.13 Å². The van der Waals surface area contributed by atoms with Crippen LogP contribution in [0.4, 0.5) is 11.5 Å². The van der Waals surface area contributed by atoms with Gasteiger partial charge in [0, 0.05) is 33.4 Å². The van der Waals surface area contributed by atoms with Crippen LogP contribution in [-0.4, -0.2) is 32.9 Å². The van der Waals surface area contributed by atoms with Gasteiger partial charge in [0.2, 0.25) is 5.75 Å². The number of ether oxygens (including phenoxy) is 3. The average Bonchev–Trinajstić information content (AvgIpc) is 2.82. The molecule has 192 valence electrons. The van der Waals surface area contributed by atoms with Gasteiger partial charge < -0.3 is 25.3 Å². The van der Waals surface area contributed by atoms with E-state index in [-0.39, 0.29) is 11.4 Å². The van der Waals surface area contributed by atoms with Crippen molar-refractivity contribution in [3.8, 4) is 22.9 Å². The highest BCUT2D eigenvalue weighted by Gasteiger charge is 2.24. The van der Waals surface area contributed by atoms with Gasteiger partial charge in [0.25, 0.3) is 11.5 Å². The molecule has 13 nitrogen and oxygen atoms in total.